The SMILES string of the molecule is CC1(C)C[C@@H](NC(=O)Nc2ccc(Cl)cc2)C[C@](C)(CNC(=O)Nc2ccc(Cl)cc2)C1. The Kier molecular flexibility index (Phi) is 7.57. The lowest BCUT2D eigenvalue weighted by atomic mass is 9.62. The smallest absolute Gasteiger partial charge is 0.319 e. The number of carbonyl (C=O) groups excluding carboxylic acids is 2. The number of urea groups is 2. The monoisotopic (exact) mass is 476 g/mol. The summed E-state index contributed by atoms with van der Waals surface area (Å²) in [4.78, 5) is 24.9. The molecule has 32 heavy (non-hydrogen) atoms. The second-order valence-electron chi connectivity index (χ2n) is 9.68. The van der Waals surface area contributed by atoms with Gasteiger partial charge in [0, 0.05) is 34.0 Å². The fourth-order valence-electron chi connectivity index (χ4n) is 4.76. The molecule has 2 atom stereocenters. The average Bonchev–Trinajstić information content (AvgIpc) is 2.68. The van der Waals surface area contributed by atoms with Gasteiger partial charge in [-0.05, 0) is 78.6 Å². The van der Waals surface area contributed by atoms with Crippen LogP contribution < -0.4 is 21.3 Å². The third-order valence-corrected chi connectivity index (χ3v) is 6.16. The molecule has 0 aromatic heterocycles. The van der Waals surface area contributed by atoms with Crippen LogP contribution in [0.5, 0.6) is 0 Å². The number of amides is 4. The highest BCUT2D eigenvalue weighted by Gasteiger charge is 2.41. The Bertz CT molecular complexity index is 947. The first-order chi connectivity index (χ1) is 15.0. The molecule has 2 aromatic carbocycles. The van der Waals surface area contributed by atoms with Crippen LogP contribution in [0.1, 0.15) is 40.0 Å². The van der Waals surface area contributed by atoms with Crippen LogP contribution >= 0.6 is 23.2 Å². The number of nitrogens with one attached hydrogen (secondary N) is 4. The van der Waals surface area contributed by atoms with E-state index in [-0.39, 0.29) is 28.9 Å². The van der Waals surface area contributed by atoms with Crippen molar-refractivity contribution < 1.29 is 9.59 Å². The molecule has 0 bridgehead atoms. The molecular weight excluding hydrogens is 447 g/mol. The third-order valence-electron chi connectivity index (χ3n) is 5.66. The van der Waals surface area contributed by atoms with E-state index in [1.165, 1.54) is 0 Å². The van der Waals surface area contributed by atoms with Gasteiger partial charge in [0.1, 0.15) is 0 Å². The van der Waals surface area contributed by atoms with Gasteiger partial charge in [0.25, 0.3) is 0 Å². The lowest BCUT2D eigenvalue weighted by Crippen LogP contribution is -2.51. The summed E-state index contributed by atoms with van der Waals surface area (Å²) in [6.45, 7) is 7.06. The lowest BCUT2D eigenvalue weighted by Gasteiger charge is -2.46. The maximum atomic E-state index is 12.5. The third kappa shape index (κ3) is 7.31. The summed E-state index contributed by atoms with van der Waals surface area (Å²) in [5.41, 5.74) is 1.24. The van der Waals surface area contributed by atoms with Gasteiger partial charge in [-0.3, -0.25) is 0 Å². The number of hydrogen-bond donors (Lipinski definition) is 4. The number of carbonyl (C=O) groups is 2. The van der Waals surface area contributed by atoms with Gasteiger partial charge >= 0.3 is 12.1 Å². The molecule has 4 amide bonds. The van der Waals surface area contributed by atoms with E-state index in [0.717, 1.165) is 19.3 Å². The summed E-state index contributed by atoms with van der Waals surface area (Å²) in [7, 11) is 0. The van der Waals surface area contributed by atoms with E-state index in [1.807, 2.05) is 0 Å². The van der Waals surface area contributed by atoms with E-state index in [4.69, 9.17) is 23.2 Å². The molecule has 1 aliphatic carbocycles. The average molecular weight is 477 g/mol. The molecule has 0 radical (unpaired) electrons. The summed E-state index contributed by atoms with van der Waals surface area (Å²) in [6, 6.07) is 13.5. The maximum Gasteiger partial charge on any atom is 0.319 e. The summed E-state index contributed by atoms with van der Waals surface area (Å²) in [5.74, 6) is 0. The van der Waals surface area contributed by atoms with Crippen LogP contribution in [-0.4, -0.2) is 24.6 Å². The van der Waals surface area contributed by atoms with Crippen molar-refractivity contribution in [3.63, 3.8) is 0 Å². The minimum absolute atomic E-state index is 0.00261. The normalized spacial score (nSPS) is 22.0. The lowest BCUT2D eigenvalue weighted by molar-refractivity contribution is 0.0761. The molecule has 0 saturated heterocycles. The standard InChI is InChI=1S/C24H30Cl2N4O2/c1-23(2)12-20(30-22(32)29-19-10-6-17(26)7-11-19)13-24(3,14-23)15-27-21(31)28-18-8-4-16(25)5-9-18/h4-11,20H,12-15H2,1-3H3,(H2,27,28,31)(H2,29,30,32)/t20-,24+/m1/s1. The number of benzene rings is 2. The van der Waals surface area contributed by atoms with Crippen LogP contribution in [0, 0.1) is 10.8 Å². The van der Waals surface area contributed by atoms with E-state index >= 15 is 0 Å². The Balaban J connectivity index is 1.55. The van der Waals surface area contributed by atoms with Gasteiger partial charge in [-0.25, -0.2) is 9.59 Å². The van der Waals surface area contributed by atoms with Crippen LogP contribution in [-0.2, 0) is 0 Å². The van der Waals surface area contributed by atoms with Gasteiger partial charge in [-0.1, -0.05) is 44.0 Å². The fourth-order valence-corrected chi connectivity index (χ4v) is 5.01. The number of hydrogen-bond acceptors (Lipinski definition) is 2. The predicted octanol–water partition coefficient (Wildman–Crippen LogP) is 6.52. The largest absolute Gasteiger partial charge is 0.337 e. The van der Waals surface area contributed by atoms with Gasteiger partial charge in [0.2, 0.25) is 0 Å². The van der Waals surface area contributed by atoms with Crippen LogP contribution in [0.15, 0.2) is 48.5 Å². The summed E-state index contributed by atoms with van der Waals surface area (Å²) >= 11 is 11.8. The van der Waals surface area contributed by atoms with Gasteiger partial charge in [0.15, 0.2) is 0 Å². The molecule has 1 fully saturated rings. The molecule has 0 heterocycles. The molecular formula is C24H30Cl2N4O2. The molecule has 3 rings (SSSR count). The highest BCUT2D eigenvalue weighted by atomic mass is 35.5. The molecule has 2 aromatic rings. The zero-order valence-corrected chi connectivity index (χ0v) is 20.1. The molecule has 172 valence electrons. The quantitative estimate of drug-likeness (QED) is 0.395. The summed E-state index contributed by atoms with van der Waals surface area (Å²) < 4.78 is 0. The zero-order chi connectivity index (χ0) is 23.4. The molecule has 6 nitrogen and oxygen atoms in total. The Hall–Kier alpha value is -2.44. The van der Waals surface area contributed by atoms with Gasteiger partial charge in [-0.15, -0.1) is 0 Å². The first-order valence-electron chi connectivity index (χ1n) is 10.7. The highest BCUT2D eigenvalue weighted by molar-refractivity contribution is 6.30. The molecule has 4 N–H and O–H groups in total. The Labute approximate surface area is 199 Å². The van der Waals surface area contributed by atoms with Crippen LogP contribution in [0.2, 0.25) is 10.0 Å². The van der Waals surface area contributed by atoms with Crippen molar-refractivity contribution >= 4 is 46.6 Å². The molecule has 0 unspecified atom stereocenters. The van der Waals surface area contributed by atoms with Crippen molar-refractivity contribution in [1.29, 1.82) is 0 Å². The molecule has 8 heteroatoms. The van der Waals surface area contributed by atoms with Crippen molar-refractivity contribution in [2.45, 2.75) is 46.1 Å². The van der Waals surface area contributed by atoms with Crippen LogP contribution in [0.3, 0.4) is 0 Å². The van der Waals surface area contributed by atoms with Crippen molar-refractivity contribution in [3.8, 4) is 0 Å². The number of anilines is 2. The molecule has 1 aliphatic rings. The summed E-state index contributed by atoms with van der Waals surface area (Å²) in [6.07, 6.45) is 2.58. The Morgan fingerprint density at radius 2 is 1.34 bits per heavy atom. The molecule has 0 aliphatic heterocycles. The van der Waals surface area contributed by atoms with E-state index in [2.05, 4.69) is 42.0 Å². The molecule has 0 spiro atoms. The topological polar surface area (TPSA) is 82.3 Å². The van der Waals surface area contributed by atoms with Crippen LogP contribution in [0.25, 0.3) is 0 Å². The fraction of sp³-hybridized carbons (Fsp3) is 0.417. The number of rotatable bonds is 5. The minimum atomic E-state index is -0.262. The zero-order valence-electron chi connectivity index (χ0n) is 18.6. The van der Waals surface area contributed by atoms with Crippen molar-refractivity contribution in [3.05, 3.63) is 58.6 Å². The number of halogens is 2. The first-order valence-corrected chi connectivity index (χ1v) is 11.4. The van der Waals surface area contributed by atoms with Crippen molar-refractivity contribution in [1.82, 2.24) is 10.6 Å². The second-order valence-corrected chi connectivity index (χ2v) is 10.5. The second kappa shape index (κ2) is 10.0. The highest BCUT2D eigenvalue weighted by Crippen LogP contribution is 2.45. The Morgan fingerprint density at radius 3 is 1.88 bits per heavy atom. The summed E-state index contributed by atoms with van der Waals surface area (Å²) in [5, 5.41) is 13.0. The van der Waals surface area contributed by atoms with Gasteiger partial charge in [0.05, 0.1) is 0 Å². The van der Waals surface area contributed by atoms with Crippen molar-refractivity contribution in [2.75, 3.05) is 17.2 Å². The maximum absolute atomic E-state index is 12.5. The van der Waals surface area contributed by atoms with Gasteiger partial charge < -0.3 is 21.3 Å². The Morgan fingerprint density at radius 1 is 0.844 bits per heavy atom. The van der Waals surface area contributed by atoms with E-state index in [0.29, 0.717) is 28.0 Å². The van der Waals surface area contributed by atoms with E-state index < -0.39 is 0 Å². The van der Waals surface area contributed by atoms with Crippen molar-refractivity contribution in [2.24, 2.45) is 10.8 Å². The van der Waals surface area contributed by atoms with Crippen LogP contribution in [0.4, 0.5) is 21.0 Å². The first kappa shape index (κ1) is 24.2. The van der Waals surface area contributed by atoms with Gasteiger partial charge in [-0.2, -0.15) is 0 Å². The molecule has 1 saturated carbocycles. The van der Waals surface area contributed by atoms with E-state index in [9.17, 15) is 9.59 Å². The van der Waals surface area contributed by atoms with E-state index in [1.54, 1.807) is 48.5 Å². The minimum Gasteiger partial charge on any atom is -0.337 e. The predicted molar refractivity (Wildman–Crippen MR) is 132 cm³/mol.